The van der Waals surface area contributed by atoms with Crippen molar-refractivity contribution in [3.8, 4) is 35.8 Å². The number of benzene rings is 4. The first-order valence-electron chi connectivity index (χ1n) is 36.3. The van der Waals surface area contributed by atoms with Crippen LogP contribution in [0.4, 0.5) is 22.7 Å². The molecule has 0 N–H and O–H groups in total. The minimum Gasteiger partial charge on any atom is -0.372 e. The normalized spacial score (nSPS) is 11.5. The molecule has 1 aliphatic rings. The number of nitrogens with zero attached hydrogens (tertiary/aromatic N) is 5. The molecule has 4 aromatic rings. The van der Waals surface area contributed by atoms with Gasteiger partial charge in [-0.15, -0.1) is 0 Å². The molecule has 472 valence electrons. The first-order chi connectivity index (χ1) is 43.0. The molecule has 1 heterocycles. The van der Waals surface area contributed by atoms with E-state index in [-0.39, 0.29) is 5.57 Å². The summed E-state index contributed by atoms with van der Waals surface area (Å²) in [5.74, 6) is 14.0. The summed E-state index contributed by atoms with van der Waals surface area (Å²) in [5.41, 5.74) is 10.8. The van der Waals surface area contributed by atoms with Crippen LogP contribution in [0.2, 0.25) is 0 Å². The molecular weight excluding hydrogens is 1050 g/mol. The van der Waals surface area contributed by atoms with Crippen molar-refractivity contribution in [2.45, 2.75) is 291 Å². The van der Waals surface area contributed by atoms with E-state index in [2.05, 4.69) is 170 Å². The summed E-state index contributed by atoms with van der Waals surface area (Å²) < 4.78 is 0. The highest BCUT2D eigenvalue weighted by atomic mass is 15.1. The second kappa shape index (κ2) is 46.3. The minimum atomic E-state index is 0.109. The van der Waals surface area contributed by atoms with E-state index in [0.29, 0.717) is 5.57 Å². The SMILES string of the molecule is CCCCCCCCCCN(CCCCCCCCCC)c1ccc(C#Cc2ccc3c(c2)C(=C(C#N)C#N)c2cc(C#Cc4ccc(N(CCCCCCCCCC)CCCCCCCCCC)cc4)ccc2N3CCCCCCCCCC)cc1. The Bertz CT molecular complexity index is 2500. The average molecular weight is 1170 g/mol. The molecule has 4 aromatic carbocycles. The molecule has 0 aliphatic carbocycles. The summed E-state index contributed by atoms with van der Waals surface area (Å²) in [6, 6.07) is 35.3. The standard InChI is InChI=1S/C82H119N5/c1-6-11-16-21-26-31-36-41-62-85(63-42-37-32-27-22-17-12-7-2)76-56-50-71(51-57-76)46-48-73-54-60-80-78(67-73)82(75(69-83)70-84)79-68-74(55-61-81(79)87(80)66-45-40-35-30-25-20-15-10-5)49-47-72-52-58-77(59-53-72)86(64-43-38-33-28-23-18-13-8-3)65-44-39-34-29-24-19-14-9-4/h50-61,67-68H,6-45,62-66H2,1-5H3. The Kier molecular flexibility index (Phi) is 38.2. The number of allylic oxidation sites excluding steroid dienone is 1. The van der Waals surface area contributed by atoms with Crippen LogP contribution < -0.4 is 14.7 Å². The van der Waals surface area contributed by atoms with Crippen molar-refractivity contribution >= 4 is 28.3 Å². The van der Waals surface area contributed by atoms with Gasteiger partial charge in [-0.1, -0.05) is 283 Å². The number of unbranched alkanes of at least 4 members (excludes halogenated alkanes) is 35. The Hall–Kier alpha value is -5.88. The smallest absolute Gasteiger partial charge is 0.138 e. The largest absolute Gasteiger partial charge is 0.372 e. The Morgan fingerprint density at radius 1 is 0.310 bits per heavy atom. The first kappa shape index (κ1) is 71.9. The molecular formula is C82H119N5. The summed E-state index contributed by atoms with van der Waals surface area (Å²) >= 11 is 0. The molecule has 5 heteroatoms. The van der Waals surface area contributed by atoms with Crippen LogP contribution in [0.3, 0.4) is 0 Å². The highest BCUT2D eigenvalue weighted by Crippen LogP contribution is 2.47. The predicted molar refractivity (Wildman–Crippen MR) is 379 cm³/mol. The highest BCUT2D eigenvalue weighted by Gasteiger charge is 2.29. The maximum Gasteiger partial charge on any atom is 0.138 e. The lowest BCUT2D eigenvalue weighted by Crippen LogP contribution is -2.25. The maximum atomic E-state index is 10.7. The van der Waals surface area contributed by atoms with Gasteiger partial charge < -0.3 is 14.7 Å². The lowest BCUT2D eigenvalue weighted by atomic mass is 9.85. The van der Waals surface area contributed by atoms with Crippen molar-refractivity contribution < 1.29 is 0 Å². The molecule has 1 aliphatic heterocycles. The van der Waals surface area contributed by atoms with Gasteiger partial charge in [0, 0.05) is 94.4 Å². The van der Waals surface area contributed by atoms with E-state index in [4.69, 9.17) is 0 Å². The molecule has 5 rings (SSSR count). The Labute approximate surface area is 534 Å². The first-order valence-corrected chi connectivity index (χ1v) is 36.3. The third-order valence-corrected chi connectivity index (χ3v) is 18.1. The molecule has 0 saturated carbocycles. The zero-order valence-electron chi connectivity index (χ0n) is 56.1. The van der Waals surface area contributed by atoms with Crippen molar-refractivity contribution in [3.63, 3.8) is 0 Å². The van der Waals surface area contributed by atoms with Gasteiger partial charge in [-0.2, -0.15) is 10.5 Å². The summed E-state index contributed by atoms with van der Waals surface area (Å²) in [5, 5.41) is 21.3. The van der Waals surface area contributed by atoms with Gasteiger partial charge in [0.1, 0.15) is 17.7 Å². The Morgan fingerprint density at radius 2 is 0.563 bits per heavy atom. The summed E-state index contributed by atoms with van der Waals surface area (Å²) in [6.07, 6.45) is 52.6. The fraction of sp³-hybridized carbons (Fsp3) is 0.610. The van der Waals surface area contributed by atoms with Gasteiger partial charge in [-0.05, 0) is 117 Å². The molecule has 87 heavy (non-hydrogen) atoms. The fourth-order valence-corrected chi connectivity index (χ4v) is 12.7. The zero-order valence-corrected chi connectivity index (χ0v) is 56.1. The quantitative estimate of drug-likeness (QED) is 0.0251. The average Bonchev–Trinajstić information content (AvgIpc) is 1.07. The number of hydrogen-bond donors (Lipinski definition) is 0. The molecule has 0 aromatic heterocycles. The third-order valence-electron chi connectivity index (χ3n) is 18.1. The van der Waals surface area contributed by atoms with Crippen LogP contribution in [0.15, 0.2) is 90.5 Å². The number of anilines is 4. The van der Waals surface area contributed by atoms with Crippen LogP contribution in [0, 0.1) is 46.3 Å². The molecule has 0 fully saturated rings. The monoisotopic (exact) mass is 1170 g/mol. The molecule has 0 saturated heterocycles. The van der Waals surface area contributed by atoms with Gasteiger partial charge in [-0.3, -0.25) is 0 Å². The predicted octanol–water partition coefficient (Wildman–Crippen LogP) is 24.1. The summed E-state index contributed by atoms with van der Waals surface area (Å²) in [4.78, 5) is 7.67. The zero-order chi connectivity index (χ0) is 61.6. The van der Waals surface area contributed by atoms with Gasteiger partial charge in [0.2, 0.25) is 0 Å². The minimum absolute atomic E-state index is 0.109. The molecule has 0 bridgehead atoms. The topological polar surface area (TPSA) is 57.3 Å². The van der Waals surface area contributed by atoms with Crippen LogP contribution in [0.25, 0.3) is 5.57 Å². The number of fused-ring (bicyclic) bond motifs is 2. The maximum absolute atomic E-state index is 10.7. The van der Waals surface area contributed by atoms with Crippen molar-refractivity contribution in [2.24, 2.45) is 0 Å². The van der Waals surface area contributed by atoms with Gasteiger partial charge in [0.15, 0.2) is 0 Å². The highest BCUT2D eigenvalue weighted by molar-refractivity contribution is 6.01. The summed E-state index contributed by atoms with van der Waals surface area (Å²) in [7, 11) is 0. The molecule has 5 nitrogen and oxygen atoms in total. The lowest BCUT2D eigenvalue weighted by molar-refractivity contribution is 0.555. The van der Waals surface area contributed by atoms with Crippen LogP contribution in [-0.4, -0.2) is 32.7 Å². The molecule has 0 amide bonds. The molecule has 0 atom stereocenters. The van der Waals surface area contributed by atoms with Gasteiger partial charge >= 0.3 is 0 Å². The Balaban J connectivity index is 1.37. The van der Waals surface area contributed by atoms with Crippen LogP contribution >= 0.6 is 0 Å². The van der Waals surface area contributed by atoms with E-state index in [1.54, 1.807) is 0 Å². The van der Waals surface area contributed by atoms with E-state index in [9.17, 15) is 10.5 Å². The van der Waals surface area contributed by atoms with E-state index < -0.39 is 0 Å². The van der Waals surface area contributed by atoms with E-state index in [0.717, 1.165) is 90.3 Å². The van der Waals surface area contributed by atoms with Crippen molar-refractivity contribution in [1.29, 1.82) is 10.5 Å². The number of rotatable bonds is 47. The third kappa shape index (κ3) is 28.0. The van der Waals surface area contributed by atoms with E-state index in [1.165, 1.54) is 255 Å². The molecule has 0 unspecified atom stereocenters. The fourth-order valence-electron chi connectivity index (χ4n) is 12.7. The molecule has 0 radical (unpaired) electrons. The van der Waals surface area contributed by atoms with Crippen LogP contribution in [-0.2, 0) is 0 Å². The van der Waals surface area contributed by atoms with Gasteiger partial charge in [0.25, 0.3) is 0 Å². The Morgan fingerprint density at radius 3 is 0.851 bits per heavy atom. The number of nitriles is 2. The second-order valence-corrected chi connectivity index (χ2v) is 25.5. The van der Waals surface area contributed by atoms with Crippen molar-refractivity contribution in [2.75, 3.05) is 47.4 Å². The molecule has 0 spiro atoms. The number of hydrogen-bond acceptors (Lipinski definition) is 5. The van der Waals surface area contributed by atoms with Gasteiger partial charge in [0.05, 0.1) is 0 Å². The summed E-state index contributed by atoms with van der Waals surface area (Å²) in [6.45, 7) is 16.7. The van der Waals surface area contributed by atoms with Crippen molar-refractivity contribution in [1.82, 2.24) is 0 Å². The van der Waals surface area contributed by atoms with E-state index >= 15 is 0 Å². The van der Waals surface area contributed by atoms with Gasteiger partial charge in [-0.25, -0.2) is 0 Å². The van der Waals surface area contributed by atoms with Crippen molar-refractivity contribution in [3.05, 3.63) is 124 Å². The van der Waals surface area contributed by atoms with Crippen LogP contribution in [0.5, 0.6) is 0 Å². The lowest BCUT2D eigenvalue weighted by Gasteiger charge is -2.35. The van der Waals surface area contributed by atoms with Crippen LogP contribution in [0.1, 0.15) is 325 Å². The second-order valence-electron chi connectivity index (χ2n) is 25.5. The van der Waals surface area contributed by atoms with E-state index in [1.807, 2.05) is 0 Å².